The van der Waals surface area contributed by atoms with E-state index in [2.05, 4.69) is 0 Å². The number of hydrogen-bond donors (Lipinski definition) is 0. The summed E-state index contributed by atoms with van der Waals surface area (Å²) in [6.07, 6.45) is 0.546. The molecular formula is C12H11Cl3O3. The van der Waals surface area contributed by atoms with Crippen LogP contribution in [0.5, 0.6) is 5.75 Å². The highest BCUT2D eigenvalue weighted by Crippen LogP contribution is 2.18. The molecule has 0 aliphatic carbocycles. The van der Waals surface area contributed by atoms with Crippen molar-refractivity contribution in [3.05, 3.63) is 39.9 Å². The Bertz CT molecular complexity index is 414. The van der Waals surface area contributed by atoms with Gasteiger partial charge in [-0.05, 0) is 12.1 Å². The van der Waals surface area contributed by atoms with Crippen molar-refractivity contribution in [3.8, 4) is 5.75 Å². The lowest BCUT2D eigenvalue weighted by atomic mass is 10.3. The Morgan fingerprint density at radius 1 is 1.06 bits per heavy atom. The monoisotopic (exact) mass is 308 g/mol. The largest absolute Gasteiger partial charge is 0.493 e. The zero-order valence-corrected chi connectivity index (χ0v) is 11.6. The summed E-state index contributed by atoms with van der Waals surface area (Å²) in [6, 6.07) is 9.35. The van der Waals surface area contributed by atoms with Crippen molar-refractivity contribution in [2.24, 2.45) is 0 Å². The first kappa shape index (κ1) is 15.2. The fraction of sp³-hybridized carbons (Fsp3) is 0.250. The molecule has 0 spiro atoms. The molecule has 0 saturated heterocycles. The Labute approximate surface area is 120 Å². The van der Waals surface area contributed by atoms with Gasteiger partial charge in [-0.15, -0.1) is 0 Å². The van der Waals surface area contributed by atoms with Crippen molar-refractivity contribution in [2.75, 3.05) is 13.2 Å². The van der Waals surface area contributed by atoms with Crippen LogP contribution in [-0.4, -0.2) is 19.2 Å². The number of benzene rings is 1. The van der Waals surface area contributed by atoms with Crippen LogP contribution in [0.25, 0.3) is 0 Å². The molecule has 0 aromatic heterocycles. The summed E-state index contributed by atoms with van der Waals surface area (Å²) in [5, 5.41) is -0.317. The van der Waals surface area contributed by atoms with E-state index in [1.165, 1.54) is 0 Å². The predicted molar refractivity (Wildman–Crippen MR) is 72.1 cm³/mol. The van der Waals surface area contributed by atoms with Crippen LogP contribution in [0.15, 0.2) is 39.9 Å². The van der Waals surface area contributed by atoms with Gasteiger partial charge in [-0.3, -0.25) is 0 Å². The molecule has 0 fully saturated rings. The summed E-state index contributed by atoms with van der Waals surface area (Å²) in [5.74, 6) is 0.0296. The van der Waals surface area contributed by atoms with Gasteiger partial charge in [-0.1, -0.05) is 53.0 Å². The Balaban J connectivity index is 2.16. The number of para-hydroxylation sites is 1. The highest BCUT2D eigenvalue weighted by molar-refractivity contribution is 6.62. The summed E-state index contributed by atoms with van der Waals surface area (Å²) >= 11 is 16.1. The Hall–Kier alpha value is -0.900. The summed E-state index contributed by atoms with van der Waals surface area (Å²) < 4.78 is 9.93. The summed E-state index contributed by atoms with van der Waals surface area (Å²) in [4.78, 5) is 11.2. The molecule has 0 aliphatic rings. The lowest BCUT2D eigenvalue weighted by Crippen LogP contribution is -2.09. The third-order valence-electron chi connectivity index (χ3n) is 1.88. The van der Waals surface area contributed by atoms with Crippen LogP contribution < -0.4 is 4.74 Å². The number of hydrogen-bond acceptors (Lipinski definition) is 3. The van der Waals surface area contributed by atoms with Gasteiger partial charge in [0.2, 0.25) is 0 Å². The summed E-state index contributed by atoms with van der Waals surface area (Å²) in [6.45, 7) is 0.621. The van der Waals surface area contributed by atoms with Gasteiger partial charge in [-0.25, -0.2) is 4.79 Å². The highest BCUT2D eigenvalue weighted by Gasteiger charge is 2.11. The van der Waals surface area contributed by atoms with E-state index >= 15 is 0 Å². The molecule has 1 aromatic rings. The first-order valence-corrected chi connectivity index (χ1v) is 6.30. The van der Waals surface area contributed by atoms with Crippen molar-refractivity contribution in [1.29, 1.82) is 0 Å². The lowest BCUT2D eigenvalue weighted by molar-refractivity contribution is -0.138. The van der Waals surface area contributed by atoms with Gasteiger partial charge in [0.1, 0.15) is 10.2 Å². The fourth-order valence-electron chi connectivity index (χ4n) is 1.07. The van der Waals surface area contributed by atoms with Gasteiger partial charge in [0, 0.05) is 6.42 Å². The minimum absolute atomic E-state index is 0.183. The number of halogens is 3. The lowest BCUT2D eigenvalue weighted by Gasteiger charge is -2.06. The van der Waals surface area contributed by atoms with E-state index < -0.39 is 5.97 Å². The molecule has 0 heterocycles. The average molecular weight is 310 g/mol. The number of esters is 1. The van der Waals surface area contributed by atoms with Gasteiger partial charge in [0.25, 0.3) is 0 Å². The zero-order chi connectivity index (χ0) is 13.4. The maximum Gasteiger partial charge on any atom is 0.352 e. The Morgan fingerprint density at radius 3 is 2.33 bits per heavy atom. The third kappa shape index (κ3) is 5.63. The molecule has 0 bridgehead atoms. The van der Waals surface area contributed by atoms with Gasteiger partial charge in [0.05, 0.1) is 13.2 Å². The van der Waals surface area contributed by atoms with Crippen molar-refractivity contribution >= 4 is 40.8 Å². The first-order valence-electron chi connectivity index (χ1n) is 5.17. The van der Waals surface area contributed by atoms with Crippen LogP contribution in [-0.2, 0) is 9.53 Å². The van der Waals surface area contributed by atoms with Gasteiger partial charge >= 0.3 is 5.97 Å². The van der Waals surface area contributed by atoms with E-state index in [-0.39, 0.29) is 16.1 Å². The number of carbonyl (C=O) groups excluding carboxylic acids is 1. The predicted octanol–water partition coefficient (Wildman–Crippen LogP) is 3.88. The second kappa shape index (κ2) is 8.25. The molecule has 0 aliphatic heterocycles. The zero-order valence-electron chi connectivity index (χ0n) is 9.37. The van der Waals surface area contributed by atoms with Gasteiger partial charge in [0.15, 0.2) is 5.03 Å². The molecule has 0 radical (unpaired) electrons. The number of carbonyl (C=O) groups is 1. The molecule has 0 saturated carbocycles. The molecule has 18 heavy (non-hydrogen) atoms. The van der Waals surface area contributed by atoms with Crippen LogP contribution in [0.1, 0.15) is 6.42 Å². The molecule has 0 unspecified atom stereocenters. The average Bonchev–Trinajstić information content (AvgIpc) is 2.38. The van der Waals surface area contributed by atoms with Crippen LogP contribution in [0.4, 0.5) is 0 Å². The van der Waals surface area contributed by atoms with E-state index in [4.69, 9.17) is 44.3 Å². The van der Waals surface area contributed by atoms with Crippen molar-refractivity contribution in [2.45, 2.75) is 6.42 Å². The molecular weight excluding hydrogens is 298 g/mol. The molecule has 6 heteroatoms. The molecule has 3 nitrogen and oxygen atoms in total. The minimum Gasteiger partial charge on any atom is -0.493 e. The molecule has 0 N–H and O–H groups in total. The van der Waals surface area contributed by atoms with E-state index in [9.17, 15) is 4.79 Å². The van der Waals surface area contributed by atoms with Crippen LogP contribution in [0, 0.1) is 0 Å². The third-order valence-corrected chi connectivity index (χ3v) is 2.79. The van der Waals surface area contributed by atoms with E-state index in [1.807, 2.05) is 30.3 Å². The number of rotatable bonds is 6. The second-order valence-corrected chi connectivity index (χ2v) is 4.55. The van der Waals surface area contributed by atoms with Crippen LogP contribution in [0.3, 0.4) is 0 Å². The topological polar surface area (TPSA) is 35.5 Å². The van der Waals surface area contributed by atoms with E-state index in [1.54, 1.807) is 0 Å². The quantitative estimate of drug-likeness (QED) is 0.454. The highest BCUT2D eigenvalue weighted by atomic mass is 35.5. The normalized spacial score (nSPS) is 9.72. The standard InChI is InChI=1S/C12H11Cl3O3/c13-10(11(14)15)12(16)18-8-4-7-17-9-5-2-1-3-6-9/h1-3,5-6H,4,7-8H2. The van der Waals surface area contributed by atoms with Crippen LogP contribution in [0.2, 0.25) is 0 Å². The van der Waals surface area contributed by atoms with Crippen molar-refractivity contribution in [3.63, 3.8) is 0 Å². The minimum atomic E-state index is -0.739. The SMILES string of the molecule is O=C(OCCCOc1ccccc1)C(Cl)=C(Cl)Cl. The van der Waals surface area contributed by atoms with Crippen molar-refractivity contribution < 1.29 is 14.3 Å². The van der Waals surface area contributed by atoms with Crippen molar-refractivity contribution in [1.82, 2.24) is 0 Å². The molecule has 0 atom stereocenters. The second-order valence-electron chi connectivity index (χ2n) is 3.23. The van der Waals surface area contributed by atoms with Gasteiger partial charge in [-0.2, -0.15) is 0 Å². The maximum atomic E-state index is 11.2. The summed E-state index contributed by atoms with van der Waals surface area (Å²) in [7, 11) is 0. The number of ether oxygens (including phenoxy) is 2. The fourth-order valence-corrected chi connectivity index (χ4v) is 1.28. The molecule has 0 amide bonds. The maximum absolute atomic E-state index is 11.2. The smallest absolute Gasteiger partial charge is 0.352 e. The first-order chi connectivity index (χ1) is 8.61. The Kier molecular flexibility index (Phi) is 6.94. The van der Waals surface area contributed by atoms with Crippen LogP contribution >= 0.6 is 34.8 Å². The van der Waals surface area contributed by atoms with E-state index in [0.29, 0.717) is 13.0 Å². The molecule has 98 valence electrons. The van der Waals surface area contributed by atoms with E-state index in [0.717, 1.165) is 5.75 Å². The molecule has 1 rings (SSSR count). The Morgan fingerprint density at radius 2 is 1.72 bits per heavy atom. The van der Waals surface area contributed by atoms with Gasteiger partial charge < -0.3 is 9.47 Å². The summed E-state index contributed by atoms with van der Waals surface area (Å²) in [5.41, 5.74) is 0. The molecule has 1 aromatic carbocycles.